The Morgan fingerprint density at radius 2 is 1.74 bits per heavy atom. The Balaban J connectivity index is 2.39. The largest absolute Gasteiger partial charge is 0.494 e. The third-order valence-corrected chi connectivity index (χ3v) is 3.88. The van der Waals surface area contributed by atoms with Crippen LogP contribution in [0.25, 0.3) is 5.57 Å². The predicted octanol–water partition coefficient (Wildman–Crippen LogP) is 5.30. The molecule has 120 valence electrons. The Morgan fingerprint density at radius 3 is 2.30 bits per heavy atom. The van der Waals surface area contributed by atoms with Crippen LogP contribution < -0.4 is 4.74 Å². The predicted molar refractivity (Wildman–Crippen MR) is 93.4 cm³/mol. The molecule has 0 saturated heterocycles. The minimum atomic E-state index is -1.03. The van der Waals surface area contributed by atoms with Gasteiger partial charge in [-0.25, -0.2) is 4.79 Å². The number of carbonyl (C=O) groups is 1. The summed E-state index contributed by atoms with van der Waals surface area (Å²) in [5.41, 5.74) is 2.00. The lowest BCUT2D eigenvalue weighted by Gasteiger charge is -2.10. The molecule has 0 aliphatic rings. The van der Waals surface area contributed by atoms with Gasteiger partial charge in [-0.1, -0.05) is 48.3 Å². The summed E-state index contributed by atoms with van der Waals surface area (Å²) >= 11 is 12.0. The summed E-state index contributed by atoms with van der Waals surface area (Å²) in [4.78, 5) is 11.2. The number of benzene rings is 2. The highest BCUT2D eigenvalue weighted by atomic mass is 35.5. The van der Waals surface area contributed by atoms with E-state index in [9.17, 15) is 4.79 Å². The maximum atomic E-state index is 11.2. The number of rotatable bonds is 6. The van der Waals surface area contributed by atoms with Crippen LogP contribution in [0.5, 0.6) is 5.75 Å². The standard InChI is InChI=1S/C18H16Cl2O3/c1-2-9-23-14-6-3-12(4-7-14)15(11-18(21)22)13-5-8-16(19)17(20)10-13/h3-8,10-11H,2,9H2,1H3,(H,21,22)/b15-11+. The Kier molecular flexibility index (Phi) is 6.08. The lowest BCUT2D eigenvalue weighted by atomic mass is 9.97. The summed E-state index contributed by atoms with van der Waals surface area (Å²) < 4.78 is 5.54. The first kappa shape index (κ1) is 17.4. The molecule has 2 rings (SSSR count). The van der Waals surface area contributed by atoms with Crippen LogP contribution in [0.1, 0.15) is 24.5 Å². The zero-order valence-electron chi connectivity index (χ0n) is 12.6. The molecule has 0 saturated carbocycles. The van der Waals surface area contributed by atoms with Crippen LogP contribution in [0, 0.1) is 0 Å². The number of hydrogen-bond donors (Lipinski definition) is 1. The van der Waals surface area contributed by atoms with Crippen molar-refractivity contribution in [3.8, 4) is 5.75 Å². The van der Waals surface area contributed by atoms with E-state index in [4.69, 9.17) is 33.0 Å². The number of carboxylic acid groups (broad SMARTS) is 1. The minimum absolute atomic E-state index is 0.378. The lowest BCUT2D eigenvalue weighted by molar-refractivity contribution is -0.131. The number of ether oxygens (including phenoxy) is 1. The van der Waals surface area contributed by atoms with Crippen molar-refractivity contribution in [2.45, 2.75) is 13.3 Å². The number of halogens is 2. The summed E-state index contributed by atoms with van der Waals surface area (Å²) in [6, 6.07) is 12.3. The van der Waals surface area contributed by atoms with Crippen LogP contribution in [0.2, 0.25) is 10.0 Å². The van der Waals surface area contributed by atoms with Crippen molar-refractivity contribution < 1.29 is 14.6 Å². The van der Waals surface area contributed by atoms with Gasteiger partial charge in [0, 0.05) is 6.08 Å². The zero-order chi connectivity index (χ0) is 16.8. The molecular formula is C18H16Cl2O3. The van der Waals surface area contributed by atoms with Gasteiger partial charge in [0.15, 0.2) is 0 Å². The monoisotopic (exact) mass is 350 g/mol. The van der Waals surface area contributed by atoms with Gasteiger partial charge in [-0.05, 0) is 47.4 Å². The number of aliphatic carboxylic acids is 1. The van der Waals surface area contributed by atoms with Crippen molar-refractivity contribution in [1.29, 1.82) is 0 Å². The fourth-order valence-corrected chi connectivity index (χ4v) is 2.37. The molecule has 3 nitrogen and oxygen atoms in total. The molecule has 0 aromatic heterocycles. The minimum Gasteiger partial charge on any atom is -0.494 e. The molecule has 0 aliphatic heterocycles. The van der Waals surface area contributed by atoms with Gasteiger partial charge in [0.2, 0.25) is 0 Å². The molecule has 0 radical (unpaired) electrons. The summed E-state index contributed by atoms with van der Waals surface area (Å²) in [6.45, 7) is 2.68. The summed E-state index contributed by atoms with van der Waals surface area (Å²) in [5, 5.41) is 9.94. The third kappa shape index (κ3) is 4.75. The molecule has 23 heavy (non-hydrogen) atoms. The van der Waals surface area contributed by atoms with Gasteiger partial charge < -0.3 is 9.84 Å². The Morgan fingerprint density at radius 1 is 1.09 bits per heavy atom. The van der Waals surface area contributed by atoms with E-state index < -0.39 is 5.97 Å². The van der Waals surface area contributed by atoms with Crippen LogP contribution in [-0.2, 0) is 4.79 Å². The van der Waals surface area contributed by atoms with Crippen LogP contribution in [0.15, 0.2) is 48.5 Å². The van der Waals surface area contributed by atoms with Crippen LogP contribution >= 0.6 is 23.2 Å². The van der Waals surface area contributed by atoms with E-state index in [-0.39, 0.29) is 0 Å². The maximum absolute atomic E-state index is 11.2. The van der Waals surface area contributed by atoms with E-state index in [0.29, 0.717) is 27.8 Å². The van der Waals surface area contributed by atoms with Crippen molar-refractivity contribution in [3.63, 3.8) is 0 Å². The third-order valence-electron chi connectivity index (χ3n) is 3.14. The molecule has 5 heteroatoms. The molecular weight excluding hydrogens is 335 g/mol. The Bertz CT molecular complexity index is 722. The molecule has 0 bridgehead atoms. The van der Waals surface area contributed by atoms with Gasteiger partial charge in [-0.2, -0.15) is 0 Å². The summed E-state index contributed by atoms with van der Waals surface area (Å²) in [5.74, 6) is -0.281. The molecule has 0 atom stereocenters. The van der Waals surface area contributed by atoms with Crippen molar-refractivity contribution in [3.05, 3.63) is 69.7 Å². The van der Waals surface area contributed by atoms with Crippen LogP contribution in [0.3, 0.4) is 0 Å². The first-order valence-electron chi connectivity index (χ1n) is 7.14. The molecule has 0 unspecified atom stereocenters. The second-order valence-electron chi connectivity index (χ2n) is 4.90. The summed E-state index contributed by atoms with van der Waals surface area (Å²) in [7, 11) is 0. The molecule has 0 heterocycles. The second-order valence-corrected chi connectivity index (χ2v) is 5.71. The quantitative estimate of drug-likeness (QED) is 0.719. The van der Waals surface area contributed by atoms with Gasteiger partial charge in [-0.3, -0.25) is 0 Å². The van der Waals surface area contributed by atoms with Crippen molar-refractivity contribution in [1.82, 2.24) is 0 Å². The summed E-state index contributed by atoms with van der Waals surface area (Å²) in [6.07, 6.45) is 2.08. The average molecular weight is 351 g/mol. The van der Waals surface area contributed by atoms with E-state index in [1.54, 1.807) is 18.2 Å². The van der Waals surface area contributed by atoms with Crippen molar-refractivity contribution >= 4 is 34.7 Å². The van der Waals surface area contributed by atoms with Crippen molar-refractivity contribution in [2.75, 3.05) is 6.61 Å². The van der Waals surface area contributed by atoms with Gasteiger partial charge in [0.1, 0.15) is 5.75 Å². The highest BCUT2D eigenvalue weighted by Crippen LogP contribution is 2.30. The molecule has 0 aliphatic carbocycles. The fraction of sp³-hybridized carbons (Fsp3) is 0.167. The van der Waals surface area contributed by atoms with E-state index in [1.165, 1.54) is 0 Å². The lowest BCUT2D eigenvalue weighted by Crippen LogP contribution is -1.97. The van der Waals surface area contributed by atoms with E-state index >= 15 is 0 Å². The highest BCUT2D eigenvalue weighted by Gasteiger charge is 2.10. The first-order valence-corrected chi connectivity index (χ1v) is 7.90. The normalized spacial score (nSPS) is 11.3. The maximum Gasteiger partial charge on any atom is 0.328 e. The van der Waals surface area contributed by atoms with Crippen LogP contribution in [0.4, 0.5) is 0 Å². The smallest absolute Gasteiger partial charge is 0.328 e. The Labute approximate surface area is 145 Å². The molecule has 1 N–H and O–H groups in total. The topological polar surface area (TPSA) is 46.5 Å². The molecule has 0 spiro atoms. The zero-order valence-corrected chi connectivity index (χ0v) is 14.1. The fourth-order valence-electron chi connectivity index (χ4n) is 2.07. The molecule has 2 aromatic rings. The van der Waals surface area contributed by atoms with Gasteiger partial charge in [0.05, 0.1) is 16.7 Å². The van der Waals surface area contributed by atoms with E-state index in [1.807, 2.05) is 31.2 Å². The van der Waals surface area contributed by atoms with Gasteiger partial charge in [-0.15, -0.1) is 0 Å². The highest BCUT2D eigenvalue weighted by molar-refractivity contribution is 6.42. The SMILES string of the molecule is CCCOc1ccc(/C(=C\C(=O)O)c2ccc(Cl)c(Cl)c2)cc1. The number of carboxylic acids is 1. The molecule has 0 amide bonds. The van der Waals surface area contributed by atoms with E-state index in [0.717, 1.165) is 23.8 Å². The van der Waals surface area contributed by atoms with Crippen molar-refractivity contribution in [2.24, 2.45) is 0 Å². The van der Waals surface area contributed by atoms with E-state index in [2.05, 4.69) is 0 Å². The van der Waals surface area contributed by atoms with Gasteiger partial charge in [0.25, 0.3) is 0 Å². The molecule has 2 aromatic carbocycles. The average Bonchev–Trinajstić information content (AvgIpc) is 2.54. The van der Waals surface area contributed by atoms with Gasteiger partial charge >= 0.3 is 5.97 Å². The molecule has 0 fully saturated rings. The second kappa shape index (κ2) is 8.04. The first-order chi connectivity index (χ1) is 11.0. The Hall–Kier alpha value is -1.97. The number of hydrogen-bond acceptors (Lipinski definition) is 2. The van der Waals surface area contributed by atoms with Crippen LogP contribution in [-0.4, -0.2) is 17.7 Å².